The molecule has 0 saturated carbocycles. The number of aliphatic hydroxyl groups is 2. The molecule has 0 bridgehead atoms. The zero-order valence-electron chi connectivity index (χ0n) is 50.5. The number of unbranched alkanes of at least 4 members (excludes halogenated alkanes) is 1. The van der Waals surface area contributed by atoms with Crippen LogP contribution < -0.4 is 86.7 Å². The molecule has 1 rings (SSSR count). The van der Waals surface area contributed by atoms with Crippen LogP contribution in [0.15, 0.2) is 24.3 Å². The molecule has 33 heteroatoms. The Bertz CT molecular complexity index is 2470. The summed E-state index contributed by atoms with van der Waals surface area (Å²) in [4.78, 5) is 149. The molecule has 0 saturated heterocycles. The quantitative estimate of drug-likeness (QED) is 0.0165. The van der Waals surface area contributed by atoms with Gasteiger partial charge in [0.25, 0.3) is 0 Å². The summed E-state index contributed by atoms with van der Waals surface area (Å²) in [5.74, 6) is -12.2. The molecule has 0 aromatic heterocycles. The van der Waals surface area contributed by atoms with Crippen molar-refractivity contribution < 1.29 is 73.2 Å². The Morgan fingerprint density at radius 1 is 0.506 bits per heavy atom. The molecule has 0 aliphatic rings. The van der Waals surface area contributed by atoms with Gasteiger partial charge in [0.2, 0.25) is 59.1 Å². The number of amides is 10. The number of aliphatic hydroxyl groups excluding tert-OH is 2. The average Bonchev–Trinajstić information content (AvgIpc) is 3.06. The number of aliphatic carboxylic acids is 1. The smallest absolute Gasteiger partial charge is 0.305 e. The maximum atomic E-state index is 14.4. The summed E-state index contributed by atoms with van der Waals surface area (Å²) < 4.78 is 0. The summed E-state index contributed by atoms with van der Waals surface area (Å²) in [5, 5.41) is 85.5. The highest BCUT2D eigenvalue weighted by Crippen LogP contribution is 2.14. The lowest BCUT2D eigenvalue weighted by Crippen LogP contribution is -2.62. The lowest BCUT2D eigenvalue weighted by molar-refractivity contribution is -0.142. The van der Waals surface area contributed by atoms with Crippen molar-refractivity contribution in [3.8, 4) is 5.75 Å². The van der Waals surface area contributed by atoms with Crippen molar-refractivity contribution in [2.24, 2.45) is 34.8 Å². The highest BCUT2D eigenvalue weighted by molar-refractivity contribution is 5.99. The molecular weight excluding hydrogens is 1140 g/mol. The fraction of sp³-hybridized carbons (Fsp3) is 0.648. The van der Waals surface area contributed by atoms with E-state index in [1.54, 1.807) is 20.9 Å². The van der Waals surface area contributed by atoms with Crippen LogP contribution in [0.2, 0.25) is 0 Å². The van der Waals surface area contributed by atoms with Gasteiger partial charge in [-0.1, -0.05) is 39.8 Å². The van der Waals surface area contributed by atoms with Gasteiger partial charge in [-0.2, -0.15) is 0 Å². The molecular formula is C54H94N18O15. The number of carbonyl (C=O) groups excluding carboxylic acids is 10. The number of phenolic OH excluding ortho intramolecular Hbond substituents is 1. The SMILES string of the molecule is CN[C@@H](CC(C)C)C(=O)N[C@@H](CCCNC(=N)N)C(=O)N[C@@H](CO)C(=O)N[C@@H](C)C(=O)N[C@H](C(=O)N[C@@H](CC(=O)O)C(=O)N[C@@H](CCCCN)C(=O)N[C@@H](Cc1ccc(O)cc1)C(=O)N[C@@H](CCCNC(=N)N)C(=O)N[C@@H](CC(C)C)C(N)=O)[C@@H](C)O. The second-order valence-electron chi connectivity index (χ2n) is 21.8. The van der Waals surface area contributed by atoms with Crippen molar-refractivity contribution in [3.63, 3.8) is 0 Å². The molecule has 1 aromatic rings. The standard InChI is InChI=1S/C54H94N18O15/c1-27(2)22-36(43(56)78)68-45(80)34(13-10-20-62-53(57)58)67-49(84)38(24-31-15-17-32(75)18-16-31)69-46(81)33(12-8-9-19-55)66-50(85)39(25-41(76)77)70-52(87)42(30(6)74)72-44(79)29(5)64-51(86)40(26-73)71-47(82)35(14-11-21-63-54(59)60)65-48(83)37(61-7)23-28(3)4/h15-18,27-30,33-40,42,61,73-75H,8-14,19-26,55H2,1-7H3,(H2,56,78)(H,64,86)(H,65,83)(H,66,85)(H,67,84)(H,68,80)(H,69,81)(H,70,87)(H,71,82)(H,72,79)(H,76,77)(H4,57,58,62)(H4,59,60,63)/t29-,30+,33-,34-,35-,36-,37-,38-,39-,40-,42-/m0/s1. The molecule has 0 unspecified atom stereocenters. The van der Waals surface area contributed by atoms with Crippen LogP contribution in [0.1, 0.15) is 111 Å². The summed E-state index contributed by atoms with van der Waals surface area (Å²) in [6.45, 7) is 8.99. The number of nitrogens with one attached hydrogen (secondary N) is 14. The minimum absolute atomic E-state index is 0.00193. The highest BCUT2D eigenvalue weighted by Gasteiger charge is 2.37. The largest absolute Gasteiger partial charge is 0.508 e. The number of hydrogen-bond acceptors (Lipinski definition) is 18. The van der Waals surface area contributed by atoms with Crippen LogP contribution in [0, 0.1) is 22.7 Å². The highest BCUT2D eigenvalue weighted by atomic mass is 16.4. The Morgan fingerprint density at radius 2 is 0.908 bits per heavy atom. The second-order valence-corrected chi connectivity index (χ2v) is 21.8. The average molecular weight is 1240 g/mol. The van der Waals surface area contributed by atoms with Crippen LogP contribution in [-0.2, 0) is 59.2 Å². The van der Waals surface area contributed by atoms with E-state index in [9.17, 15) is 73.2 Å². The zero-order valence-corrected chi connectivity index (χ0v) is 50.5. The van der Waals surface area contributed by atoms with Gasteiger partial charge in [0.1, 0.15) is 60.1 Å². The van der Waals surface area contributed by atoms with Gasteiger partial charge < -0.3 is 107 Å². The number of aromatic hydroxyl groups is 1. The van der Waals surface area contributed by atoms with Gasteiger partial charge in [0.15, 0.2) is 11.9 Å². The number of carboxylic acid groups (broad SMARTS) is 1. The maximum Gasteiger partial charge on any atom is 0.305 e. The third-order valence-corrected chi connectivity index (χ3v) is 13.2. The summed E-state index contributed by atoms with van der Waals surface area (Å²) in [5.41, 5.74) is 22.5. The van der Waals surface area contributed by atoms with Crippen molar-refractivity contribution >= 4 is 77.0 Å². The van der Waals surface area contributed by atoms with Crippen molar-refractivity contribution in [2.75, 3.05) is 33.3 Å². The molecule has 11 atom stereocenters. The minimum Gasteiger partial charge on any atom is -0.508 e. The molecule has 0 heterocycles. The Labute approximate surface area is 505 Å². The van der Waals surface area contributed by atoms with E-state index in [4.69, 9.17) is 33.8 Å². The monoisotopic (exact) mass is 1230 g/mol. The first-order valence-corrected chi connectivity index (χ1v) is 28.7. The molecule has 0 fully saturated rings. The number of rotatable bonds is 42. The van der Waals surface area contributed by atoms with E-state index in [2.05, 4.69) is 63.8 Å². The Morgan fingerprint density at radius 3 is 1.33 bits per heavy atom. The molecule has 0 radical (unpaired) electrons. The number of phenols is 1. The molecule has 490 valence electrons. The molecule has 0 aliphatic heterocycles. The number of carbonyl (C=O) groups is 11. The number of likely N-dealkylation sites (N-methyl/N-ethyl adjacent to an activating group) is 1. The van der Waals surface area contributed by atoms with Gasteiger partial charge in [-0.15, -0.1) is 0 Å². The van der Waals surface area contributed by atoms with Crippen LogP contribution in [0.25, 0.3) is 0 Å². The number of guanidine groups is 2. The lowest BCUT2D eigenvalue weighted by Gasteiger charge is -2.28. The molecule has 0 aliphatic carbocycles. The van der Waals surface area contributed by atoms with E-state index in [0.717, 1.165) is 13.8 Å². The molecule has 87 heavy (non-hydrogen) atoms. The first kappa shape index (κ1) is 76.6. The van der Waals surface area contributed by atoms with Crippen LogP contribution >= 0.6 is 0 Å². The van der Waals surface area contributed by atoms with E-state index in [0.29, 0.717) is 18.4 Å². The van der Waals surface area contributed by atoms with Crippen LogP contribution in [0.4, 0.5) is 0 Å². The Kier molecular flexibility index (Phi) is 35.2. The number of benzene rings is 1. The predicted molar refractivity (Wildman–Crippen MR) is 318 cm³/mol. The minimum atomic E-state index is -2.00. The Hall–Kier alpha value is -8.43. The molecule has 33 nitrogen and oxygen atoms in total. The van der Waals surface area contributed by atoms with E-state index < -0.39 is 145 Å². The van der Waals surface area contributed by atoms with Crippen molar-refractivity contribution in [1.29, 1.82) is 10.8 Å². The van der Waals surface area contributed by atoms with E-state index >= 15 is 0 Å². The number of hydrogen-bond donors (Lipinski definition) is 22. The fourth-order valence-corrected chi connectivity index (χ4v) is 8.52. The normalized spacial score (nSPS) is 14.9. The van der Waals surface area contributed by atoms with Crippen molar-refractivity contribution in [2.45, 2.75) is 179 Å². The topological polar surface area (TPSA) is 565 Å². The first-order chi connectivity index (χ1) is 40.8. The van der Waals surface area contributed by atoms with Crippen LogP contribution in [0.5, 0.6) is 5.75 Å². The van der Waals surface area contributed by atoms with Crippen LogP contribution in [0.3, 0.4) is 0 Å². The van der Waals surface area contributed by atoms with E-state index in [-0.39, 0.29) is 101 Å². The molecule has 0 spiro atoms. The second kappa shape index (κ2) is 40.0. The predicted octanol–water partition coefficient (Wildman–Crippen LogP) is -6.01. The number of carboxylic acids is 1. The van der Waals surface area contributed by atoms with Crippen molar-refractivity contribution in [3.05, 3.63) is 29.8 Å². The summed E-state index contributed by atoms with van der Waals surface area (Å²) in [7, 11) is 1.57. The van der Waals surface area contributed by atoms with E-state index in [1.807, 2.05) is 13.8 Å². The Balaban J connectivity index is 3.49. The first-order valence-electron chi connectivity index (χ1n) is 28.7. The van der Waals surface area contributed by atoms with Gasteiger partial charge in [-0.05, 0) is 115 Å². The third kappa shape index (κ3) is 30.5. The van der Waals surface area contributed by atoms with Gasteiger partial charge in [-0.3, -0.25) is 63.6 Å². The van der Waals surface area contributed by atoms with Crippen LogP contribution in [-0.4, -0.2) is 197 Å². The summed E-state index contributed by atoms with van der Waals surface area (Å²) in [6, 6.07) is -9.20. The summed E-state index contributed by atoms with van der Waals surface area (Å²) in [6.07, 6.45) is -1.95. The van der Waals surface area contributed by atoms with Crippen molar-refractivity contribution in [1.82, 2.24) is 63.8 Å². The summed E-state index contributed by atoms with van der Waals surface area (Å²) >= 11 is 0. The fourth-order valence-electron chi connectivity index (χ4n) is 8.52. The zero-order chi connectivity index (χ0) is 66.1. The molecule has 10 amide bonds. The third-order valence-electron chi connectivity index (χ3n) is 13.2. The lowest BCUT2D eigenvalue weighted by atomic mass is 10.0. The number of primary amides is 1. The van der Waals surface area contributed by atoms with Gasteiger partial charge >= 0.3 is 5.97 Å². The number of nitrogens with two attached hydrogens (primary N) is 4. The van der Waals surface area contributed by atoms with E-state index in [1.165, 1.54) is 24.3 Å². The van der Waals surface area contributed by atoms with Gasteiger partial charge in [-0.25, -0.2) is 0 Å². The molecule has 26 N–H and O–H groups in total. The van der Waals surface area contributed by atoms with Gasteiger partial charge in [0.05, 0.1) is 25.2 Å². The maximum absolute atomic E-state index is 14.4. The molecule has 1 aromatic carbocycles. The van der Waals surface area contributed by atoms with Gasteiger partial charge in [0, 0.05) is 19.5 Å².